The molecular weight excluding hydrogens is 294 g/mol. The molecule has 0 spiro atoms. The summed E-state index contributed by atoms with van der Waals surface area (Å²) in [5.74, 6) is 0.448. The first kappa shape index (κ1) is 15.6. The highest BCUT2D eigenvalue weighted by molar-refractivity contribution is 5.93. The van der Waals surface area contributed by atoms with E-state index in [0.29, 0.717) is 11.4 Å². The minimum absolute atomic E-state index is 0.0728. The lowest BCUT2D eigenvalue weighted by atomic mass is 9.89. The number of aryl methyl sites for hydroxylation is 2. The molecule has 1 aromatic heterocycles. The average molecular weight is 315 g/mol. The highest BCUT2D eigenvalue weighted by Crippen LogP contribution is 2.35. The Balaban J connectivity index is 1.67. The van der Waals surface area contributed by atoms with Crippen LogP contribution in [0, 0.1) is 13.8 Å². The molecule has 1 amide bonds. The topological polar surface area (TPSA) is 87.2 Å². The molecule has 0 fully saturated rings. The van der Waals surface area contributed by atoms with E-state index in [9.17, 15) is 9.90 Å². The summed E-state index contributed by atoms with van der Waals surface area (Å²) >= 11 is 0. The molecule has 23 heavy (non-hydrogen) atoms. The number of carbonyl (C=O) groups is 1. The molecule has 1 aliphatic carbocycles. The van der Waals surface area contributed by atoms with Gasteiger partial charge in [-0.1, -0.05) is 12.1 Å². The summed E-state index contributed by atoms with van der Waals surface area (Å²) < 4.78 is 5.69. The van der Waals surface area contributed by atoms with Gasteiger partial charge in [-0.2, -0.15) is 5.10 Å². The minimum atomic E-state index is -0.438. The molecule has 122 valence electrons. The van der Waals surface area contributed by atoms with Gasteiger partial charge in [-0.05, 0) is 50.3 Å². The SMILES string of the molecule is Cc1n[nH]c(C)c1NC(=O)COc1cccc2c1CCC[C@H]2O. The predicted octanol–water partition coefficient (Wildman–Crippen LogP) is 2.41. The van der Waals surface area contributed by atoms with E-state index in [4.69, 9.17) is 4.74 Å². The van der Waals surface area contributed by atoms with Crippen molar-refractivity contribution in [3.8, 4) is 5.75 Å². The number of carbonyl (C=O) groups excluding carboxylic acids is 1. The van der Waals surface area contributed by atoms with Crippen LogP contribution in [0.15, 0.2) is 18.2 Å². The zero-order valence-corrected chi connectivity index (χ0v) is 13.3. The van der Waals surface area contributed by atoms with Gasteiger partial charge < -0.3 is 15.2 Å². The average Bonchev–Trinajstić information content (AvgIpc) is 2.85. The third kappa shape index (κ3) is 3.22. The van der Waals surface area contributed by atoms with Gasteiger partial charge in [-0.15, -0.1) is 0 Å². The summed E-state index contributed by atoms with van der Waals surface area (Å²) in [6.07, 6.45) is 2.13. The quantitative estimate of drug-likeness (QED) is 0.808. The number of rotatable bonds is 4. The second kappa shape index (κ2) is 6.42. The van der Waals surface area contributed by atoms with Gasteiger partial charge in [0.2, 0.25) is 0 Å². The maximum Gasteiger partial charge on any atom is 0.262 e. The van der Waals surface area contributed by atoms with Crippen LogP contribution in [0.5, 0.6) is 5.75 Å². The van der Waals surface area contributed by atoms with E-state index >= 15 is 0 Å². The molecule has 1 aromatic carbocycles. The molecule has 0 saturated carbocycles. The van der Waals surface area contributed by atoms with E-state index in [-0.39, 0.29) is 12.5 Å². The Labute approximate surface area is 134 Å². The smallest absolute Gasteiger partial charge is 0.262 e. The van der Waals surface area contributed by atoms with Gasteiger partial charge in [0.05, 0.1) is 23.2 Å². The van der Waals surface area contributed by atoms with Crippen molar-refractivity contribution >= 4 is 11.6 Å². The number of nitrogens with one attached hydrogen (secondary N) is 2. The highest BCUT2D eigenvalue weighted by atomic mass is 16.5. The van der Waals surface area contributed by atoms with Crippen molar-refractivity contribution in [2.45, 2.75) is 39.2 Å². The van der Waals surface area contributed by atoms with Crippen LogP contribution in [-0.4, -0.2) is 27.8 Å². The standard InChI is InChI=1S/C17H21N3O3/c1-10-17(11(2)20-19-10)18-16(22)9-23-15-8-4-5-12-13(15)6-3-7-14(12)21/h4-5,8,14,21H,3,6-7,9H2,1-2H3,(H,18,22)(H,19,20)/t14-/m1/s1. The van der Waals surface area contributed by atoms with Crippen LogP contribution in [0.3, 0.4) is 0 Å². The number of aromatic nitrogens is 2. The molecule has 0 saturated heterocycles. The van der Waals surface area contributed by atoms with Crippen molar-refractivity contribution in [2.75, 3.05) is 11.9 Å². The molecule has 0 radical (unpaired) electrons. The Bertz CT molecular complexity index is 704. The van der Waals surface area contributed by atoms with Gasteiger partial charge >= 0.3 is 0 Å². The lowest BCUT2D eigenvalue weighted by molar-refractivity contribution is -0.118. The number of benzene rings is 1. The summed E-state index contributed by atoms with van der Waals surface area (Å²) in [6.45, 7) is 3.61. The van der Waals surface area contributed by atoms with Crippen LogP contribution < -0.4 is 10.1 Å². The number of aliphatic hydroxyl groups is 1. The number of H-pyrrole nitrogens is 1. The maximum atomic E-state index is 12.1. The summed E-state index contributed by atoms with van der Waals surface area (Å²) in [5.41, 5.74) is 4.18. The first-order valence-corrected chi connectivity index (χ1v) is 7.80. The monoisotopic (exact) mass is 315 g/mol. The number of hydrogen-bond donors (Lipinski definition) is 3. The molecule has 3 N–H and O–H groups in total. The maximum absolute atomic E-state index is 12.1. The van der Waals surface area contributed by atoms with Crippen molar-refractivity contribution < 1.29 is 14.6 Å². The second-order valence-electron chi connectivity index (χ2n) is 5.88. The number of hydrogen-bond acceptors (Lipinski definition) is 4. The highest BCUT2D eigenvalue weighted by Gasteiger charge is 2.21. The molecule has 6 nitrogen and oxygen atoms in total. The zero-order chi connectivity index (χ0) is 16.4. The third-order valence-electron chi connectivity index (χ3n) is 4.18. The van der Waals surface area contributed by atoms with Gasteiger partial charge in [-0.3, -0.25) is 9.89 Å². The fraction of sp³-hybridized carbons (Fsp3) is 0.412. The molecule has 6 heteroatoms. The summed E-state index contributed by atoms with van der Waals surface area (Å²) in [4.78, 5) is 12.1. The zero-order valence-electron chi connectivity index (χ0n) is 13.3. The lowest BCUT2D eigenvalue weighted by Gasteiger charge is -2.23. The van der Waals surface area contributed by atoms with Crippen LogP contribution in [0.1, 0.15) is 41.5 Å². The molecule has 0 unspecified atom stereocenters. The fourth-order valence-corrected chi connectivity index (χ4v) is 2.98. The van der Waals surface area contributed by atoms with Crippen LogP contribution in [-0.2, 0) is 11.2 Å². The Morgan fingerprint density at radius 1 is 1.48 bits per heavy atom. The van der Waals surface area contributed by atoms with Gasteiger partial charge in [0.25, 0.3) is 5.91 Å². The molecule has 1 aliphatic rings. The molecule has 1 heterocycles. The van der Waals surface area contributed by atoms with Gasteiger partial charge in [0.15, 0.2) is 6.61 Å². The number of amides is 1. The molecule has 1 atom stereocenters. The predicted molar refractivity (Wildman–Crippen MR) is 86.5 cm³/mol. The largest absolute Gasteiger partial charge is 0.483 e. The van der Waals surface area contributed by atoms with Crippen molar-refractivity contribution in [1.82, 2.24) is 10.2 Å². The van der Waals surface area contributed by atoms with Crippen LogP contribution >= 0.6 is 0 Å². The number of aromatic amines is 1. The van der Waals surface area contributed by atoms with Crippen LogP contribution in [0.25, 0.3) is 0 Å². The van der Waals surface area contributed by atoms with Crippen molar-refractivity contribution in [1.29, 1.82) is 0 Å². The van der Waals surface area contributed by atoms with E-state index in [0.717, 1.165) is 41.8 Å². The minimum Gasteiger partial charge on any atom is -0.483 e. The van der Waals surface area contributed by atoms with E-state index < -0.39 is 6.10 Å². The van der Waals surface area contributed by atoms with E-state index in [1.54, 1.807) is 0 Å². The number of aliphatic hydroxyl groups excluding tert-OH is 1. The van der Waals surface area contributed by atoms with Gasteiger partial charge in [-0.25, -0.2) is 0 Å². The first-order valence-electron chi connectivity index (χ1n) is 7.80. The number of anilines is 1. The lowest BCUT2D eigenvalue weighted by Crippen LogP contribution is -2.21. The molecular formula is C17H21N3O3. The van der Waals surface area contributed by atoms with Gasteiger partial charge in [0, 0.05) is 0 Å². The molecule has 2 aromatic rings. The molecule has 0 bridgehead atoms. The molecule has 0 aliphatic heterocycles. The Hall–Kier alpha value is -2.34. The van der Waals surface area contributed by atoms with Crippen LogP contribution in [0.2, 0.25) is 0 Å². The Morgan fingerprint density at radius 3 is 3.04 bits per heavy atom. The van der Waals surface area contributed by atoms with Gasteiger partial charge in [0.1, 0.15) is 5.75 Å². The van der Waals surface area contributed by atoms with E-state index in [2.05, 4.69) is 15.5 Å². The van der Waals surface area contributed by atoms with Crippen molar-refractivity contribution in [3.63, 3.8) is 0 Å². The summed E-state index contributed by atoms with van der Waals surface area (Å²) in [5, 5.41) is 19.7. The number of nitrogens with zero attached hydrogens (tertiary/aromatic N) is 1. The Morgan fingerprint density at radius 2 is 2.30 bits per heavy atom. The van der Waals surface area contributed by atoms with E-state index in [1.165, 1.54) is 0 Å². The molecule has 3 rings (SSSR count). The van der Waals surface area contributed by atoms with Crippen LogP contribution in [0.4, 0.5) is 5.69 Å². The Kier molecular flexibility index (Phi) is 4.34. The van der Waals surface area contributed by atoms with Crippen molar-refractivity contribution in [3.05, 3.63) is 40.7 Å². The normalized spacial score (nSPS) is 16.7. The summed E-state index contributed by atoms with van der Waals surface area (Å²) in [7, 11) is 0. The first-order chi connectivity index (χ1) is 11.1. The number of fused-ring (bicyclic) bond motifs is 1. The number of ether oxygens (including phenoxy) is 1. The van der Waals surface area contributed by atoms with Crippen molar-refractivity contribution in [2.24, 2.45) is 0 Å². The van der Waals surface area contributed by atoms with E-state index in [1.807, 2.05) is 32.0 Å². The second-order valence-corrected chi connectivity index (χ2v) is 5.88. The fourth-order valence-electron chi connectivity index (χ4n) is 2.98. The third-order valence-corrected chi connectivity index (χ3v) is 4.18. The summed E-state index contributed by atoms with van der Waals surface area (Å²) in [6, 6.07) is 5.62.